The summed E-state index contributed by atoms with van der Waals surface area (Å²) in [7, 11) is 0. The summed E-state index contributed by atoms with van der Waals surface area (Å²) in [5, 5.41) is 10.2. The van der Waals surface area contributed by atoms with E-state index in [1.807, 2.05) is 47.4 Å². The molecule has 0 radical (unpaired) electrons. The molecule has 1 atom stereocenters. The maximum Gasteiger partial charge on any atom is 0.331 e. The molecule has 0 amide bonds. The second-order valence-corrected chi connectivity index (χ2v) is 10.3. The second kappa shape index (κ2) is 12.1. The molecule has 1 aliphatic rings. The zero-order chi connectivity index (χ0) is 29.1. The summed E-state index contributed by atoms with van der Waals surface area (Å²) in [6.45, 7) is 3.91. The topological polar surface area (TPSA) is 96.7 Å². The van der Waals surface area contributed by atoms with Crippen molar-refractivity contribution in [1.82, 2.24) is 14.0 Å². The minimum atomic E-state index is -0.769. The van der Waals surface area contributed by atoms with E-state index in [4.69, 9.17) is 5.73 Å². The zero-order valence-corrected chi connectivity index (χ0v) is 22.8. The highest BCUT2D eigenvalue weighted by Gasteiger charge is 2.27. The Balaban J connectivity index is 1.50. The number of phenols is 1. The number of piperazine rings is 1. The van der Waals surface area contributed by atoms with Gasteiger partial charge in [-0.3, -0.25) is 18.8 Å². The zero-order valence-electron chi connectivity index (χ0n) is 22.8. The molecule has 8 nitrogen and oxygen atoms in total. The number of nitrogens with two attached hydrogens (primary N) is 1. The third-order valence-electron chi connectivity index (χ3n) is 7.72. The highest BCUT2D eigenvalue weighted by atomic mass is 19.1. The Bertz CT molecular complexity index is 1630. The lowest BCUT2D eigenvalue weighted by Crippen LogP contribution is -2.51. The average Bonchev–Trinajstić information content (AvgIpc) is 2.97. The van der Waals surface area contributed by atoms with Crippen molar-refractivity contribution in [2.75, 3.05) is 31.1 Å². The van der Waals surface area contributed by atoms with E-state index in [-0.39, 0.29) is 24.4 Å². The van der Waals surface area contributed by atoms with Crippen LogP contribution in [-0.4, -0.2) is 45.3 Å². The first-order valence-corrected chi connectivity index (χ1v) is 13.6. The van der Waals surface area contributed by atoms with E-state index >= 15 is 0 Å². The van der Waals surface area contributed by atoms with Crippen LogP contribution in [0.1, 0.15) is 28.4 Å². The molecule has 5 rings (SSSR count). The van der Waals surface area contributed by atoms with Crippen LogP contribution in [0.25, 0.3) is 0 Å². The van der Waals surface area contributed by atoms with Gasteiger partial charge in [0, 0.05) is 55.6 Å². The summed E-state index contributed by atoms with van der Waals surface area (Å²) in [4.78, 5) is 31.7. The summed E-state index contributed by atoms with van der Waals surface area (Å²) in [6.07, 6.45) is 0. The molecule has 3 aromatic carbocycles. The van der Waals surface area contributed by atoms with Crippen molar-refractivity contribution in [2.24, 2.45) is 5.73 Å². The van der Waals surface area contributed by atoms with Gasteiger partial charge in [-0.05, 0) is 30.7 Å². The molecule has 1 saturated heterocycles. The van der Waals surface area contributed by atoms with E-state index in [9.17, 15) is 23.5 Å². The molecule has 0 saturated carbocycles. The van der Waals surface area contributed by atoms with Gasteiger partial charge in [-0.2, -0.15) is 0 Å². The monoisotopic (exact) mass is 561 g/mol. The van der Waals surface area contributed by atoms with Crippen molar-refractivity contribution in [1.29, 1.82) is 0 Å². The average molecular weight is 562 g/mol. The Morgan fingerprint density at radius 1 is 0.829 bits per heavy atom. The number of aromatic hydroxyl groups is 1. The minimum absolute atomic E-state index is 0.0953. The quantitative estimate of drug-likeness (QED) is 0.343. The summed E-state index contributed by atoms with van der Waals surface area (Å²) in [5.41, 5.74) is 7.21. The van der Waals surface area contributed by atoms with Crippen LogP contribution in [0.2, 0.25) is 0 Å². The van der Waals surface area contributed by atoms with Gasteiger partial charge in [-0.25, -0.2) is 13.6 Å². The molecule has 214 valence electrons. The smallest absolute Gasteiger partial charge is 0.331 e. The minimum Gasteiger partial charge on any atom is -0.508 e. The second-order valence-electron chi connectivity index (χ2n) is 10.3. The van der Waals surface area contributed by atoms with Crippen LogP contribution in [0.5, 0.6) is 5.75 Å². The number of hydrogen-bond acceptors (Lipinski definition) is 6. The first kappa shape index (κ1) is 28.3. The van der Waals surface area contributed by atoms with Crippen LogP contribution < -0.4 is 21.9 Å². The van der Waals surface area contributed by atoms with E-state index in [0.29, 0.717) is 44.1 Å². The van der Waals surface area contributed by atoms with Crippen LogP contribution in [-0.2, 0) is 19.6 Å². The number of para-hydroxylation sites is 1. The van der Waals surface area contributed by atoms with Gasteiger partial charge in [0.1, 0.15) is 23.1 Å². The molecule has 1 aliphatic heterocycles. The van der Waals surface area contributed by atoms with Crippen molar-refractivity contribution in [3.63, 3.8) is 0 Å². The van der Waals surface area contributed by atoms with Crippen LogP contribution in [0.4, 0.5) is 14.5 Å². The van der Waals surface area contributed by atoms with Crippen LogP contribution in [0, 0.1) is 18.6 Å². The Hall–Kier alpha value is -4.28. The third-order valence-corrected chi connectivity index (χ3v) is 7.72. The van der Waals surface area contributed by atoms with Gasteiger partial charge in [0.2, 0.25) is 0 Å². The summed E-state index contributed by atoms with van der Waals surface area (Å²) >= 11 is 0. The lowest BCUT2D eigenvalue weighted by atomic mass is 10.1. The summed E-state index contributed by atoms with van der Waals surface area (Å²) in [5.74, 6) is -1.31. The van der Waals surface area contributed by atoms with Crippen molar-refractivity contribution in [3.05, 3.63) is 128 Å². The molecule has 4 aromatic rings. The molecule has 0 unspecified atom stereocenters. The maximum absolute atomic E-state index is 14.6. The fourth-order valence-corrected chi connectivity index (χ4v) is 5.36. The maximum atomic E-state index is 14.6. The standard InChI is InChI=1S/C31H33F2N5O3/c1-21-29(36-16-14-35(15-17-36)18-23-10-5-6-13-28(23)39)30(40)38(20-27(34)22-8-3-2-4-9-22)31(41)37(21)19-24-25(32)11-7-12-26(24)33/h2-13,27,39H,14-20,34H2,1H3/t27-/m1/s1. The van der Waals surface area contributed by atoms with E-state index in [2.05, 4.69) is 4.90 Å². The Morgan fingerprint density at radius 3 is 2.12 bits per heavy atom. The van der Waals surface area contributed by atoms with Crippen molar-refractivity contribution in [3.8, 4) is 5.75 Å². The van der Waals surface area contributed by atoms with Gasteiger partial charge in [0.05, 0.1) is 13.1 Å². The molecule has 10 heteroatoms. The van der Waals surface area contributed by atoms with Gasteiger partial charge >= 0.3 is 5.69 Å². The molecule has 0 spiro atoms. The fourth-order valence-electron chi connectivity index (χ4n) is 5.36. The SMILES string of the molecule is Cc1c(N2CCN(Cc3ccccc3O)CC2)c(=O)n(C[C@@H](N)c2ccccc2)c(=O)n1Cc1c(F)cccc1F. The largest absolute Gasteiger partial charge is 0.508 e. The van der Waals surface area contributed by atoms with Crippen molar-refractivity contribution >= 4 is 5.69 Å². The van der Waals surface area contributed by atoms with Crippen LogP contribution in [0.3, 0.4) is 0 Å². The summed E-state index contributed by atoms with van der Waals surface area (Å²) < 4.78 is 31.6. The van der Waals surface area contributed by atoms with E-state index in [1.54, 1.807) is 19.1 Å². The van der Waals surface area contributed by atoms with Crippen molar-refractivity contribution in [2.45, 2.75) is 32.6 Å². The molecule has 0 bridgehead atoms. The molecule has 1 aromatic heterocycles. The Kier molecular flexibility index (Phi) is 8.32. The molecule has 2 heterocycles. The lowest BCUT2D eigenvalue weighted by molar-refractivity contribution is 0.246. The van der Waals surface area contributed by atoms with Gasteiger partial charge in [0.25, 0.3) is 5.56 Å². The molecule has 0 aliphatic carbocycles. The van der Waals surface area contributed by atoms with Crippen molar-refractivity contribution < 1.29 is 13.9 Å². The molecule has 1 fully saturated rings. The van der Waals surface area contributed by atoms with E-state index in [0.717, 1.165) is 27.8 Å². The molecular weight excluding hydrogens is 528 g/mol. The Labute approximate surface area is 236 Å². The first-order chi connectivity index (χ1) is 19.7. The number of aromatic nitrogens is 2. The first-order valence-electron chi connectivity index (χ1n) is 13.6. The fraction of sp³-hybridized carbons (Fsp3) is 0.290. The molecule has 41 heavy (non-hydrogen) atoms. The van der Waals surface area contributed by atoms with Gasteiger partial charge in [-0.1, -0.05) is 54.6 Å². The van der Waals surface area contributed by atoms with E-state index in [1.165, 1.54) is 10.6 Å². The third kappa shape index (κ3) is 5.94. The number of halogens is 2. The predicted molar refractivity (Wildman–Crippen MR) is 154 cm³/mol. The summed E-state index contributed by atoms with van der Waals surface area (Å²) in [6, 6.07) is 19.2. The number of nitrogens with zero attached hydrogens (tertiary/aromatic N) is 4. The van der Waals surface area contributed by atoms with Crippen LogP contribution >= 0.6 is 0 Å². The van der Waals surface area contributed by atoms with Gasteiger partial charge in [-0.15, -0.1) is 0 Å². The number of anilines is 1. The Morgan fingerprint density at radius 2 is 1.46 bits per heavy atom. The predicted octanol–water partition coefficient (Wildman–Crippen LogP) is 3.37. The van der Waals surface area contributed by atoms with Gasteiger partial charge < -0.3 is 15.7 Å². The normalized spacial score (nSPS) is 14.8. The molecular formula is C31H33F2N5O3. The van der Waals surface area contributed by atoms with Gasteiger partial charge in [0.15, 0.2) is 0 Å². The van der Waals surface area contributed by atoms with E-state index < -0.39 is 28.9 Å². The number of phenolic OH excluding ortho intramolecular Hbond substituents is 1. The highest BCUT2D eigenvalue weighted by molar-refractivity contribution is 5.50. The van der Waals surface area contributed by atoms with Crippen LogP contribution in [0.15, 0.2) is 82.4 Å². The lowest BCUT2D eigenvalue weighted by Gasteiger charge is -2.37. The number of rotatable bonds is 8. The molecule has 3 N–H and O–H groups in total. The number of hydrogen-bond donors (Lipinski definition) is 2. The number of benzene rings is 3. The highest BCUT2D eigenvalue weighted by Crippen LogP contribution is 2.22.